The Labute approximate surface area is 101 Å². The van der Waals surface area contributed by atoms with Crippen LogP contribution in [0.15, 0.2) is 18.2 Å². The van der Waals surface area contributed by atoms with E-state index in [9.17, 15) is 13.6 Å². The summed E-state index contributed by atoms with van der Waals surface area (Å²) in [6.07, 6.45) is 0.0580. The van der Waals surface area contributed by atoms with Gasteiger partial charge in [0, 0.05) is 0 Å². The van der Waals surface area contributed by atoms with Crippen LogP contribution in [0.1, 0.15) is 12.5 Å². The summed E-state index contributed by atoms with van der Waals surface area (Å²) < 4.78 is 30.8. The van der Waals surface area contributed by atoms with Crippen molar-refractivity contribution in [3.8, 4) is 0 Å². The summed E-state index contributed by atoms with van der Waals surface area (Å²) >= 11 is 3.08. The minimum atomic E-state index is -0.663. The number of benzene rings is 1. The molecule has 0 amide bonds. The molecule has 1 rings (SSSR count). The number of carbonyl (C=O) groups is 1. The van der Waals surface area contributed by atoms with E-state index in [2.05, 4.69) is 15.9 Å². The molecule has 88 valence electrons. The van der Waals surface area contributed by atoms with E-state index in [0.717, 1.165) is 18.2 Å². The number of carbonyl (C=O) groups excluding carboxylic acids is 1. The molecule has 0 aliphatic rings. The molecule has 0 N–H and O–H groups in total. The normalized spacial score (nSPS) is 12.2. The van der Waals surface area contributed by atoms with Crippen LogP contribution in [0.2, 0.25) is 0 Å². The maximum Gasteiger partial charge on any atom is 0.320 e. The van der Waals surface area contributed by atoms with E-state index < -0.39 is 22.4 Å². The highest BCUT2D eigenvalue weighted by Crippen LogP contribution is 2.16. The maximum atomic E-state index is 13.2. The Balaban J connectivity index is 2.72. The van der Waals surface area contributed by atoms with Gasteiger partial charge in [-0.15, -0.1) is 0 Å². The molecule has 0 radical (unpaired) electrons. The molecule has 1 atom stereocenters. The lowest BCUT2D eigenvalue weighted by molar-refractivity contribution is -0.142. The van der Waals surface area contributed by atoms with Gasteiger partial charge in [-0.05, 0) is 37.1 Å². The van der Waals surface area contributed by atoms with E-state index in [1.807, 2.05) is 0 Å². The maximum absolute atomic E-state index is 13.2. The number of halogens is 3. The lowest BCUT2D eigenvalue weighted by atomic mass is 10.1. The average Bonchev–Trinajstić information content (AvgIpc) is 2.23. The topological polar surface area (TPSA) is 26.3 Å². The van der Waals surface area contributed by atoms with Crippen molar-refractivity contribution in [3.05, 3.63) is 35.4 Å². The van der Waals surface area contributed by atoms with Crippen LogP contribution in [0.3, 0.4) is 0 Å². The highest BCUT2D eigenvalue weighted by molar-refractivity contribution is 9.10. The van der Waals surface area contributed by atoms with E-state index in [1.54, 1.807) is 6.92 Å². The Hall–Kier alpha value is -0.970. The summed E-state index contributed by atoms with van der Waals surface area (Å²) in [4.78, 5) is 10.6. The quantitative estimate of drug-likeness (QED) is 0.630. The summed E-state index contributed by atoms with van der Waals surface area (Å²) in [5.74, 6) is -1.54. The first-order valence-electron chi connectivity index (χ1n) is 4.79. The van der Waals surface area contributed by atoms with E-state index >= 15 is 0 Å². The van der Waals surface area contributed by atoms with Crippen molar-refractivity contribution < 1.29 is 18.3 Å². The molecule has 0 spiro atoms. The van der Waals surface area contributed by atoms with E-state index in [0.29, 0.717) is 0 Å². The third-order valence-electron chi connectivity index (χ3n) is 1.95. The molecule has 0 fully saturated rings. The number of alkyl halides is 1. The highest BCUT2D eigenvalue weighted by Gasteiger charge is 2.18. The molecular weight excluding hydrogens is 282 g/mol. The fraction of sp³-hybridized carbons (Fsp3) is 0.364. The molecule has 1 aromatic carbocycles. The molecule has 0 heterocycles. The van der Waals surface area contributed by atoms with Gasteiger partial charge in [-0.25, -0.2) is 8.78 Å². The second-order valence-corrected chi connectivity index (χ2v) is 4.26. The van der Waals surface area contributed by atoms with Crippen LogP contribution in [0.25, 0.3) is 0 Å². The van der Waals surface area contributed by atoms with Crippen LogP contribution in [-0.2, 0) is 16.0 Å². The Kier molecular flexibility index (Phi) is 4.86. The molecule has 5 heteroatoms. The monoisotopic (exact) mass is 292 g/mol. The standard InChI is InChI=1S/C11H11BrF2O2/c1-2-16-11(15)9(12)6-7-5-8(13)3-4-10(7)14/h3-5,9H,2,6H2,1H3. The number of ether oxygens (including phenoxy) is 1. The van der Waals surface area contributed by atoms with Crippen LogP contribution in [0.5, 0.6) is 0 Å². The third kappa shape index (κ3) is 3.56. The van der Waals surface area contributed by atoms with Gasteiger partial charge in [0.2, 0.25) is 0 Å². The van der Waals surface area contributed by atoms with Crippen molar-refractivity contribution in [2.24, 2.45) is 0 Å². The minimum Gasteiger partial charge on any atom is -0.465 e. The van der Waals surface area contributed by atoms with Crippen LogP contribution < -0.4 is 0 Å². The molecule has 0 bridgehead atoms. The van der Waals surface area contributed by atoms with Crippen molar-refractivity contribution in [2.45, 2.75) is 18.2 Å². The zero-order valence-electron chi connectivity index (χ0n) is 8.67. The van der Waals surface area contributed by atoms with E-state index in [-0.39, 0.29) is 18.6 Å². The average molecular weight is 293 g/mol. The first kappa shape index (κ1) is 13.1. The Morgan fingerprint density at radius 2 is 2.19 bits per heavy atom. The second-order valence-electron chi connectivity index (χ2n) is 3.16. The van der Waals surface area contributed by atoms with Gasteiger partial charge in [0.05, 0.1) is 6.61 Å². The number of esters is 1. The van der Waals surface area contributed by atoms with Crippen LogP contribution in [0, 0.1) is 11.6 Å². The Morgan fingerprint density at radius 3 is 2.81 bits per heavy atom. The Morgan fingerprint density at radius 1 is 1.50 bits per heavy atom. The molecule has 0 aliphatic heterocycles. The van der Waals surface area contributed by atoms with Crippen molar-refractivity contribution in [1.82, 2.24) is 0 Å². The van der Waals surface area contributed by atoms with Crippen LogP contribution in [-0.4, -0.2) is 17.4 Å². The van der Waals surface area contributed by atoms with E-state index in [4.69, 9.17) is 4.74 Å². The van der Waals surface area contributed by atoms with Crippen LogP contribution in [0.4, 0.5) is 8.78 Å². The van der Waals surface area contributed by atoms with Gasteiger partial charge < -0.3 is 4.74 Å². The molecule has 0 saturated heterocycles. The van der Waals surface area contributed by atoms with Gasteiger partial charge >= 0.3 is 5.97 Å². The largest absolute Gasteiger partial charge is 0.465 e. The van der Waals surface area contributed by atoms with Gasteiger partial charge in [-0.2, -0.15) is 0 Å². The summed E-state index contributed by atoms with van der Waals surface area (Å²) in [5.41, 5.74) is 0.148. The van der Waals surface area contributed by atoms with Gasteiger partial charge in [0.25, 0.3) is 0 Å². The molecule has 2 nitrogen and oxygen atoms in total. The molecule has 0 aromatic heterocycles. The van der Waals surface area contributed by atoms with Crippen LogP contribution >= 0.6 is 15.9 Å². The van der Waals surface area contributed by atoms with E-state index in [1.165, 1.54) is 0 Å². The third-order valence-corrected chi connectivity index (χ3v) is 2.65. The molecule has 16 heavy (non-hydrogen) atoms. The predicted octanol–water partition coefficient (Wildman–Crippen LogP) is 2.83. The highest BCUT2D eigenvalue weighted by atomic mass is 79.9. The predicted molar refractivity (Wildman–Crippen MR) is 59.4 cm³/mol. The lowest BCUT2D eigenvalue weighted by Crippen LogP contribution is -2.20. The molecular formula is C11H11BrF2O2. The summed E-state index contributed by atoms with van der Waals surface area (Å²) in [6, 6.07) is 3.14. The smallest absolute Gasteiger partial charge is 0.320 e. The lowest BCUT2D eigenvalue weighted by Gasteiger charge is -2.09. The molecule has 0 aliphatic carbocycles. The van der Waals surface area contributed by atoms with Gasteiger partial charge in [0.15, 0.2) is 0 Å². The summed E-state index contributed by atoms with van der Waals surface area (Å²) in [5, 5.41) is 0. The van der Waals surface area contributed by atoms with Crippen molar-refractivity contribution in [3.63, 3.8) is 0 Å². The Bertz CT molecular complexity index is 382. The zero-order valence-corrected chi connectivity index (χ0v) is 10.3. The molecule has 0 saturated carbocycles. The SMILES string of the molecule is CCOC(=O)C(Br)Cc1cc(F)ccc1F. The van der Waals surface area contributed by atoms with Crippen molar-refractivity contribution in [2.75, 3.05) is 6.61 Å². The van der Waals surface area contributed by atoms with Gasteiger partial charge in [-0.3, -0.25) is 4.79 Å². The summed E-state index contributed by atoms with van der Waals surface area (Å²) in [6.45, 7) is 1.94. The zero-order chi connectivity index (χ0) is 12.1. The fourth-order valence-corrected chi connectivity index (χ4v) is 1.69. The number of hydrogen-bond donors (Lipinski definition) is 0. The fourth-order valence-electron chi connectivity index (χ4n) is 1.21. The van der Waals surface area contributed by atoms with Crippen molar-refractivity contribution in [1.29, 1.82) is 0 Å². The first-order valence-corrected chi connectivity index (χ1v) is 5.70. The van der Waals surface area contributed by atoms with Crippen molar-refractivity contribution >= 4 is 21.9 Å². The minimum absolute atomic E-state index is 0.0580. The second kappa shape index (κ2) is 5.94. The summed E-state index contributed by atoms with van der Waals surface area (Å²) in [7, 11) is 0. The number of rotatable bonds is 4. The molecule has 1 unspecified atom stereocenters. The molecule has 1 aromatic rings. The number of hydrogen-bond acceptors (Lipinski definition) is 2. The van der Waals surface area contributed by atoms with Gasteiger partial charge in [-0.1, -0.05) is 15.9 Å². The first-order chi connectivity index (χ1) is 7.54. The van der Waals surface area contributed by atoms with Gasteiger partial charge in [0.1, 0.15) is 16.5 Å².